The molecular formula is C24H30N4O5S. The summed E-state index contributed by atoms with van der Waals surface area (Å²) in [4.78, 5) is 28.3. The predicted molar refractivity (Wildman–Crippen MR) is 129 cm³/mol. The third-order valence-electron chi connectivity index (χ3n) is 7.43. The molecular weight excluding hydrogens is 456 g/mol. The average Bonchev–Trinajstić information content (AvgIpc) is 3.25. The summed E-state index contributed by atoms with van der Waals surface area (Å²) in [6, 6.07) is 5.33. The first-order valence-corrected chi connectivity index (χ1v) is 13.8. The molecule has 0 radical (unpaired) electrons. The lowest BCUT2D eigenvalue weighted by molar-refractivity contribution is -0.120. The number of nitrogens with zero attached hydrogens (tertiary/aromatic N) is 4. The second-order valence-electron chi connectivity index (χ2n) is 9.80. The van der Waals surface area contributed by atoms with Gasteiger partial charge in [-0.25, -0.2) is 13.2 Å². The Labute approximate surface area is 199 Å². The van der Waals surface area contributed by atoms with Crippen molar-refractivity contribution in [3.8, 4) is 11.1 Å². The van der Waals surface area contributed by atoms with Gasteiger partial charge in [-0.1, -0.05) is 12.5 Å². The fraction of sp³-hybridized carbons (Fsp3) is 0.542. The summed E-state index contributed by atoms with van der Waals surface area (Å²) in [5.41, 5.74) is 2.76. The molecule has 1 saturated heterocycles. The van der Waals surface area contributed by atoms with E-state index in [4.69, 9.17) is 0 Å². The number of rotatable bonds is 4. The van der Waals surface area contributed by atoms with Crippen LogP contribution in [0.25, 0.3) is 11.1 Å². The first-order chi connectivity index (χ1) is 16.2. The molecule has 2 aromatic rings. The summed E-state index contributed by atoms with van der Waals surface area (Å²) in [6.45, 7) is 2.11. The number of anilines is 2. The summed E-state index contributed by atoms with van der Waals surface area (Å²) in [5, 5.41) is 14.3. The second-order valence-corrected chi connectivity index (χ2v) is 12.1. The molecule has 9 nitrogen and oxygen atoms in total. The van der Waals surface area contributed by atoms with Crippen LogP contribution in [-0.4, -0.2) is 59.4 Å². The Kier molecular flexibility index (Phi) is 5.87. The van der Waals surface area contributed by atoms with Gasteiger partial charge in [0, 0.05) is 24.7 Å². The molecule has 1 N–H and O–H groups in total. The largest absolute Gasteiger partial charge is 0.465 e. The molecule has 34 heavy (non-hydrogen) atoms. The fourth-order valence-corrected chi connectivity index (χ4v) is 6.70. The van der Waals surface area contributed by atoms with Crippen molar-refractivity contribution in [2.24, 2.45) is 5.92 Å². The maximum absolute atomic E-state index is 13.1. The Balaban J connectivity index is 1.44. The van der Waals surface area contributed by atoms with Crippen molar-refractivity contribution in [2.45, 2.75) is 57.5 Å². The molecule has 0 spiro atoms. The van der Waals surface area contributed by atoms with Crippen LogP contribution in [0.15, 0.2) is 30.6 Å². The Morgan fingerprint density at radius 3 is 2.47 bits per heavy atom. The van der Waals surface area contributed by atoms with Crippen LogP contribution in [0, 0.1) is 5.92 Å². The van der Waals surface area contributed by atoms with Crippen LogP contribution in [0.1, 0.15) is 51.5 Å². The van der Waals surface area contributed by atoms with Gasteiger partial charge in [0.05, 0.1) is 41.2 Å². The highest BCUT2D eigenvalue weighted by atomic mass is 32.2. The fourth-order valence-electron chi connectivity index (χ4n) is 5.24. The minimum Gasteiger partial charge on any atom is -0.465 e. The molecule has 182 valence electrons. The molecule has 2 amide bonds. The van der Waals surface area contributed by atoms with Crippen LogP contribution in [0.5, 0.6) is 0 Å². The number of amides is 2. The highest BCUT2D eigenvalue weighted by Crippen LogP contribution is 2.40. The van der Waals surface area contributed by atoms with Crippen LogP contribution in [0.3, 0.4) is 0 Å². The van der Waals surface area contributed by atoms with E-state index in [-0.39, 0.29) is 36.0 Å². The zero-order valence-corrected chi connectivity index (χ0v) is 20.1. The average molecular weight is 487 g/mol. The van der Waals surface area contributed by atoms with Gasteiger partial charge in [0.25, 0.3) is 0 Å². The maximum Gasteiger partial charge on any atom is 0.411 e. The number of carboxylic acid groups (broad SMARTS) is 1. The van der Waals surface area contributed by atoms with Crippen LogP contribution in [0.4, 0.5) is 16.2 Å². The van der Waals surface area contributed by atoms with E-state index < -0.39 is 15.9 Å². The molecule has 1 aliphatic carbocycles. The van der Waals surface area contributed by atoms with Gasteiger partial charge in [0.15, 0.2) is 0 Å². The van der Waals surface area contributed by atoms with Gasteiger partial charge in [-0.05, 0) is 56.2 Å². The highest BCUT2D eigenvalue weighted by Gasteiger charge is 2.36. The van der Waals surface area contributed by atoms with Crippen LogP contribution in [0.2, 0.25) is 0 Å². The quantitative estimate of drug-likeness (QED) is 0.705. The smallest absolute Gasteiger partial charge is 0.411 e. The zero-order chi connectivity index (χ0) is 24.0. The van der Waals surface area contributed by atoms with Crippen molar-refractivity contribution < 1.29 is 23.1 Å². The van der Waals surface area contributed by atoms with E-state index in [9.17, 15) is 23.1 Å². The number of hydrogen-bond acceptors (Lipinski definition) is 5. The third-order valence-corrected chi connectivity index (χ3v) is 9.15. The number of carbonyl (C=O) groups excluding carboxylic acids is 1. The van der Waals surface area contributed by atoms with Crippen LogP contribution < -0.4 is 9.80 Å². The van der Waals surface area contributed by atoms with E-state index in [2.05, 4.69) is 5.10 Å². The Morgan fingerprint density at radius 1 is 1.09 bits per heavy atom. The number of fused-ring (bicyclic) bond motifs is 1. The number of hydrogen-bond donors (Lipinski definition) is 1. The van der Waals surface area contributed by atoms with Gasteiger partial charge in [0.2, 0.25) is 5.91 Å². The van der Waals surface area contributed by atoms with Crippen LogP contribution in [-0.2, 0) is 14.6 Å². The summed E-state index contributed by atoms with van der Waals surface area (Å²) in [6.07, 6.45) is 7.48. The standard InChI is InChI=1S/C24H30N4O5S/c1-16-14-26(24(30)31)22-12-18(5-6-21(22)28(16)23(29)11-17-3-2-4-17)19-13-25-27(15-19)20-7-9-34(32,33)10-8-20/h5-6,12-13,15-17,20H,2-4,7-11,14H2,1H3,(H,30,31)/t16-/m0/s1. The third kappa shape index (κ3) is 4.31. The van der Waals surface area contributed by atoms with Crippen molar-refractivity contribution in [3.63, 3.8) is 0 Å². The number of carbonyl (C=O) groups is 2. The number of sulfone groups is 1. The van der Waals surface area contributed by atoms with Crippen molar-refractivity contribution in [2.75, 3.05) is 27.9 Å². The van der Waals surface area contributed by atoms with E-state index in [0.717, 1.165) is 24.0 Å². The highest BCUT2D eigenvalue weighted by molar-refractivity contribution is 7.91. The summed E-state index contributed by atoms with van der Waals surface area (Å²) in [7, 11) is -2.95. The van der Waals surface area contributed by atoms with Gasteiger partial charge in [-0.3, -0.25) is 14.4 Å². The van der Waals surface area contributed by atoms with E-state index in [1.54, 1.807) is 11.1 Å². The molecule has 1 saturated carbocycles. The topological polar surface area (TPSA) is 113 Å². The molecule has 10 heteroatoms. The van der Waals surface area contributed by atoms with Gasteiger partial charge >= 0.3 is 6.09 Å². The number of aromatic nitrogens is 2. The minimum atomic E-state index is -2.95. The lowest BCUT2D eigenvalue weighted by Gasteiger charge is -2.41. The van der Waals surface area contributed by atoms with Crippen molar-refractivity contribution >= 4 is 33.2 Å². The van der Waals surface area contributed by atoms with Gasteiger partial charge in [-0.15, -0.1) is 0 Å². The SMILES string of the molecule is C[C@H]1CN(C(=O)O)c2cc(-c3cnn(C4CCS(=O)(=O)CC4)c3)ccc2N1C(=O)CC1CCC1. The summed E-state index contributed by atoms with van der Waals surface area (Å²) in [5.74, 6) is 0.821. The molecule has 3 aliphatic rings. The monoisotopic (exact) mass is 486 g/mol. The maximum atomic E-state index is 13.1. The predicted octanol–water partition coefficient (Wildman–Crippen LogP) is 3.71. The van der Waals surface area contributed by atoms with E-state index in [1.165, 1.54) is 11.3 Å². The van der Waals surface area contributed by atoms with E-state index in [0.29, 0.717) is 36.6 Å². The van der Waals surface area contributed by atoms with Crippen molar-refractivity contribution in [3.05, 3.63) is 30.6 Å². The summed E-state index contributed by atoms with van der Waals surface area (Å²) < 4.78 is 25.3. The molecule has 1 aromatic carbocycles. The molecule has 2 fully saturated rings. The molecule has 5 rings (SSSR count). The second kappa shape index (κ2) is 8.72. The van der Waals surface area contributed by atoms with Gasteiger partial charge < -0.3 is 10.0 Å². The molecule has 0 unspecified atom stereocenters. The molecule has 0 bridgehead atoms. The Bertz CT molecular complexity index is 1210. The van der Waals surface area contributed by atoms with E-state index >= 15 is 0 Å². The van der Waals surface area contributed by atoms with Crippen molar-refractivity contribution in [1.82, 2.24) is 9.78 Å². The molecule has 3 heterocycles. The number of benzene rings is 1. The zero-order valence-electron chi connectivity index (χ0n) is 19.3. The first kappa shape index (κ1) is 22.9. The normalized spacial score (nSPS) is 22.8. The van der Waals surface area contributed by atoms with Crippen LogP contribution >= 0.6 is 0 Å². The summed E-state index contributed by atoms with van der Waals surface area (Å²) >= 11 is 0. The van der Waals surface area contributed by atoms with E-state index in [1.807, 2.05) is 36.0 Å². The molecule has 1 atom stereocenters. The molecule has 2 aliphatic heterocycles. The Hall–Kier alpha value is -2.88. The van der Waals surface area contributed by atoms with Crippen molar-refractivity contribution in [1.29, 1.82) is 0 Å². The van der Waals surface area contributed by atoms with Gasteiger partial charge in [0.1, 0.15) is 9.84 Å². The van der Waals surface area contributed by atoms with Gasteiger partial charge in [-0.2, -0.15) is 5.10 Å². The minimum absolute atomic E-state index is 0.0332. The lowest BCUT2D eigenvalue weighted by Crippen LogP contribution is -2.52. The first-order valence-electron chi connectivity index (χ1n) is 11.9. The molecule has 1 aromatic heterocycles. The lowest BCUT2D eigenvalue weighted by atomic mass is 9.82. The Morgan fingerprint density at radius 2 is 1.82 bits per heavy atom.